The van der Waals surface area contributed by atoms with E-state index in [1.54, 1.807) is 0 Å². The number of anilines is 1. The molecule has 0 bridgehead atoms. The normalized spacial score (nSPS) is 22.1. The van der Waals surface area contributed by atoms with Gasteiger partial charge in [0, 0.05) is 11.3 Å². The van der Waals surface area contributed by atoms with Crippen molar-refractivity contribution in [1.29, 1.82) is 5.26 Å². The lowest BCUT2D eigenvalue weighted by molar-refractivity contribution is 0.607. The van der Waals surface area contributed by atoms with Crippen LogP contribution >= 0.6 is 0 Å². The number of rotatable bonds is 2. The Kier molecular flexibility index (Phi) is 2.93. The van der Waals surface area contributed by atoms with E-state index in [9.17, 15) is 0 Å². The molecule has 1 aromatic rings. The highest BCUT2D eigenvalue weighted by Gasteiger charge is 2.26. The van der Waals surface area contributed by atoms with Crippen molar-refractivity contribution in [2.45, 2.75) is 39.2 Å². The number of nitrogens with one attached hydrogen (secondary N) is 1. The SMILES string of the molecule is CCC1=CC(C)(CC)Nc2cc(C#N)ccc21. The summed E-state index contributed by atoms with van der Waals surface area (Å²) >= 11 is 0. The first kappa shape index (κ1) is 11.7. The first-order chi connectivity index (χ1) is 8.11. The molecule has 2 nitrogen and oxygen atoms in total. The van der Waals surface area contributed by atoms with E-state index in [0.29, 0.717) is 5.56 Å². The zero-order valence-corrected chi connectivity index (χ0v) is 10.7. The predicted octanol–water partition coefficient (Wildman–Crippen LogP) is 3.95. The summed E-state index contributed by atoms with van der Waals surface area (Å²) in [6.07, 6.45) is 4.38. The predicted molar refractivity (Wildman–Crippen MR) is 71.7 cm³/mol. The number of hydrogen-bond acceptors (Lipinski definition) is 2. The van der Waals surface area contributed by atoms with Crippen LogP contribution in [0.15, 0.2) is 24.3 Å². The third kappa shape index (κ3) is 2.06. The van der Waals surface area contributed by atoms with Gasteiger partial charge in [0.2, 0.25) is 0 Å². The zero-order valence-electron chi connectivity index (χ0n) is 10.7. The molecule has 88 valence electrons. The maximum absolute atomic E-state index is 8.96. The summed E-state index contributed by atoms with van der Waals surface area (Å²) in [6.45, 7) is 6.55. The van der Waals surface area contributed by atoms with Gasteiger partial charge in [-0.25, -0.2) is 0 Å². The lowest BCUT2D eigenvalue weighted by Crippen LogP contribution is -2.34. The van der Waals surface area contributed by atoms with Crippen LogP contribution in [0.25, 0.3) is 5.57 Å². The Balaban J connectivity index is 2.54. The second kappa shape index (κ2) is 4.25. The van der Waals surface area contributed by atoms with E-state index >= 15 is 0 Å². The van der Waals surface area contributed by atoms with Crippen molar-refractivity contribution in [2.24, 2.45) is 0 Å². The Hall–Kier alpha value is -1.75. The van der Waals surface area contributed by atoms with Gasteiger partial charge >= 0.3 is 0 Å². The molecule has 2 rings (SSSR count). The molecule has 0 fully saturated rings. The standard InChI is InChI=1S/C15H18N2/c1-4-12-9-15(3,5-2)17-14-8-11(10-16)6-7-13(12)14/h6-9,17H,4-5H2,1-3H3. The van der Waals surface area contributed by atoms with Gasteiger partial charge in [-0.1, -0.05) is 26.0 Å². The Morgan fingerprint density at radius 3 is 2.71 bits per heavy atom. The van der Waals surface area contributed by atoms with Crippen molar-refractivity contribution in [1.82, 2.24) is 0 Å². The molecule has 1 N–H and O–H groups in total. The molecule has 0 amide bonds. The summed E-state index contributed by atoms with van der Waals surface area (Å²) in [4.78, 5) is 0. The van der Waals surface area contributed by atoms with Crippen LogP contribution in [0.4, 0.5) is 5.69 Å². The molecule has 1 aromatic carbocycles. The summed E-state index contributed by atoms with van der Waals surface area (Å²) in [7, 11) is 0. The zero-order chi connectivity index (χ0) is 12.5. The van der Waals surface area contributed by atoms with Crippen molar-refractivity contribution in [3.05, 3.63) is 35.4 Å². The molecule has 0 saturated carbocycles. The van der Waals surface area contributed by atoms with Crippen LogP contribution in [0.1, 0.15) is 44.7 Å². The van der Waals surface area contributed by atoms with E-state index in [0.717, 1.165) is 18.5 Å². The molecule has 0 radical (unpaired) electrons. The van der Waals surface area contributed by atoms with Gasteiger partial charge in [-0.15, -0.1) is 0 Å². The van der Waals surface area contributed by atoms with E-state index in [-0.39, 0.29) is 5.54 Å². The van der Waals surface area contributed by atoms with Crippen molar-refractivity contribution in [3.8, 4) is 6.07 Å². The second-order valence-corrected chi connectivity index (χ2v) is 4.79. The Bertz CT molecular complexity index is 508. The molecular formula is C15H18N2. The summed E-state index contributed by atoms with van der Waals surface area (Å²) < 4.78 is 0. The molecule has 0 aromatic heterocycles. The van der Waals surface area contributed by atoms with E-state index in [4.69, 9.17) is 5.26 Å². The quantitative estimate of drug-likeness (QED) is 0.829. The Labute approximate surface area is 103 Å². The second-order valence-electron chi connectivity index (χ2n) is 4.79. The van der Waals surface area contributed by atoms with Gasteiger partial charge in [0.25, 0.3) is 0 Å². The van der Waals surface area contributed by atoms with Crippen LogP contribution in [-0.2, 0) is 0 Å². The number of allylic oxidation sites excluding steroid dienone is 1. The fourth-order valence-corrected chi connectivity index (χ4v) is 2.29. The van der Waals surface area contributed by atoms with Crippen LogP contribution < -0.4 is 5.32 Å². The van der Waals surface area contributed by atoms with E-state index in [1.807, 2.05) is 18.2 Å². The molecular weight excluding hydrogens is 208 g/mol. The van der Waals surface area contributed by atoms with Crippen molar-refractivity contribution in [3.63, 3.8) is 0 Å². The molecule has 1 unspecified atom stereocenters. The molecule has 1 atom stereocenters. The van der Waals surface area contributed by atoms with Crippen LogP contribution in [0, 0.1) is 11.3 Å². The minimum Gasteiger partial charge on any atom is -0.376 e. The molecule has 1 aliphatic heterocycles. The van der Waals surface area contributed by atoms with Crippen LogP contribution in [0.5, 0.6) is 0 Å². The fraction of sp³-hybridized carbons (Fsp3) is 0.400. The van der Waals surface area contributed by atoms with Crippen molar-refractivity contribution >= 4 is 11.3 Å². The molecule has 17 heavy (non-hydrogen) atoms. The molecule has 1 aliphatic rings. The van der Waals surface area contributed by atoms with Gasteiger partial charge in [-0.3, -0.25) is 0 Å². The molecule has 1 heterocycles. The largest absolute Gasteiger partial charge is 0.376 e. The minimum atomic E-state index is 0.00637. The lowest BCUT2D eigenvalue weighted by atomic mass is 9.86. The smallest absolute Gasteiger partial charge is 0.0992 e. The molecule has 0 saturated heterocycles. The van der Waals surface area contributed by atoms with Gasteiger partial charge in [-0.2, -0.15) is 5.26 Å². The average molecular weight is 226 g/mol. The number of nitrogens with zero attached hydrogens (tertiary/aromatic N) is 1. The topological polar surface area (TPSA) is 35.8 Å². The van der Waals surface area contributed by atoms with E-state index < -0.39 is 0 Å². The highest BCUT2D eigenvalue weighted by molar-refractivity contribution is 5.81. The summed E-state index contributed by atoms with van der Waals surface area (Å²) in [5, 5.41) is 12.5. The third-order valence-corrected chi connectivity index (χ3v) is 3.52. The van der Waals surface area contributed by atoms with Crippen molar-refractivity contribution < 1.29 is 0 Å². The van der Waals surface area contributed by atoms with Gasteiger partial charge in [0.05, 0.1) is 17.2 Å². The first-order valence-electron chi connectivity index (χ1n) is 6.16. The van der Waals surface area contributed by atoms with Crippen LogP contribution in [0.3, 0.4) is 0 Å². The van der Waals surface area contributed by atoms with Gasteiger partial charge in [-0.05, 0) is 37.5 Å². The number of benzene rings is 1. The molecule has 0 aliphatic carbocycles. The van der Waals surface area contributed by atoms with Crippen LogP contribution in [0.2, 0.25) is 0 Å². The summed E-state index contributed by atoms with van der Waals surface area (Å²) in [5.41, 5.74) is 4.41. The summed E-state index contributed by atoms with van der Waals surface area (Å²) in [6, 6.07) is 8.08. The molecule has 0 spiro atoms. The molecule has 2 heteroatoms. The Morgan fingerprint density at radius 1 is 1.35 bits per heavy atom. The first-order valence-corrected chi connectivity index (χ1v) is 6.16. The monoisotopic (exact) mass is 226 g/mol. The average Bonchev–Trinajstić information content (AvgIpc) is 2.36. The van der Waals surface area contributed by atoms with E-state index in [2.05, 4.69) is 38.2 Å². The van der Waals surface area contributed by atoms with Gasteiger partial charge in [0.1, 0.15) is 0 Å². The van der Waals surface area contributed by atoms with Crippen molar-refractivity contribution in [2.75, 3.05) is 5.32 Å². The minimum absolute atomic E-state index is 0.00637. The fourth-order valence-electron chi connectivity index (χ4n) is 2.29. The maximum Gasteiger partial charge on any atom is 0.0992 e. The number of hydrogen-bond donors (Lipinski definition) is 1. The maximum atomic E-state index is 8.96. The number of nitriles is 1. The van der Waals surface area contributed by atoms with Gasteiger partial charge < -0.3 is 5.32 Å². The highest BCUT2D eigenvalue weighted by Crippen LogP contribution is 2.37. The van der Waals surface area contributed by atoms with E-state index in [1.165, 1.54) is 11.1 Å². The lowest BCUT2D eigenvalue weighted by Gasteiger charge is -2.34. The van der Waals surface area contributed by atoms with Gasteiger partial charge in [0.15, 0.2) is 0 Å². The number of fused-ring (bicyclic) bond motifs is 1. The third-order valence-electron chi connectivity index (χ3n) is 3.52. The highest BCUT2D eigenvalue weighted by atomic mass is 15.0. The van der Waals surface area contributed by atoms with Crippen LogP contribution in [-0.4, -0.2) is 5.54 Å². The summed E-state index contributed by atoms with van der Waals surface area (Å²) in [5.74, 6) is 0. The Morgan fingerprint density at radius 2 is 2.12 bits per heavy atom.